The van der Waals surface area contributed by atoms with Crippen LogP contribution in [0.15, 0.2) is 0 Å². The quantitative estimate of drug-likeness (QED) is 0.737. The average molecular weight is 417 g/mol. The molecule has 6 nitrogen and oxygen atoms in total. The van der Waals surface area contributed by atoms with Crippen LogP contribution in [0, 0.1) is 19.8 Å². The number of ketones is 1. The van der Waals surface area contributed by atoms with E-state index in [1.165, 1.54) is 0 Å². The van der Waals surface area contributed by atoms with Crippen LogP contribution >= 0.6 is 11.6 Å². The van der Waals surface area contributed by atoms with E-state index in [0.717, 1.165) is 61.8 Å². The van der Waals surface area contributed by atoms with Gasteiger partial charge in [-0.25, -0.2) is 9.67 Å². The summed E-state index contributed by atoms with van der Waals surface area (Å²) in [6.07, 6.45) is 6.40. The molecule has 156 valence electrons. The van der Waals surface area contributed by atoms with E-state index in [0.29, 0.717) is 35.0 Å². The second-order valence-corrected chi connectivity index (χ2v) is 8.80. The van der Waals surface area contributed by atoms with Gasteiger partial charge in [0, 0.05) is 31.5 Å². The standard InChI is InChI=1S/C22H29ClN4O2/c1-4-5-11-27-21-18(13(2)25-27)19(20(23)14(3)24-21)22(29)26-12-10-17(28)15-8-6-7-9-16(15)26/h15-16H,4-12H2,1-3H3/t15-,16-/m1/s1. The van der Waals surface area contributed by atoms with E-state index in [2.05, 4.69) is 17.0 Å². The molecule has 0 unspecified atom stereocenters. The first-order valence-corrected chi connectivity index (χ1v) is 11.2. The molecule has 2 atom stereocenters. The minimum Gasteiger partial charge on any atom is -0.334 e. The molecule has 1 aliphatic carbocycles. The molecular weight excluding hydrogens is 388 g/mol. The molecule has 3 heterocycles. The Balaban J connectivity index is 1.80. The lowest BCUT2D eigenvalue weighted by Gasteiger charge is -2.43. The zero-order valence-electron chi connectivity index (χ0n) is 17.5. The number of fused-ring (bicyclic) bond motifs is 2. The molecule has 1 saturated heterocycles. The lowest BCUT2D eigenvalue weighted by molar-refractivity contribution is -0.129. The second-order valence-electron chi connectivity index (χ2n) is 8.42. The highest BCUT2D eigenvalue weighted by atomic mass is 35.5. The number of rotatable bonds is 4. The van der Waals surface area contributed by atoms with E-state index >= 15 is 0 Å². The minimum atomic E-state index is -0.0759. The molecule has 0 radical (unpaired) electrons. The second kappa shape index (κ2) is 8.05. The van der Waals surface area contributed by atoms with Crippen molar-refractivity contribution in [3.8, 4) is 0 Å². The van der Waals surface area contributed by atoms with Crippen molar-refractivity contribution in [2.75, 3.05) is 6.54 Å². The number of aryl methyl sites for hydroxylation is 3. The summed E-state index contributed by atoms with van der Waals surface area (Å²) in [6.45, 7) is 7.14. The molecule has 1 saturated carbocycles. The first-order valence-electron chi connectivity index (χ1n) is 10.8. The fourth-order valence-electron chi connectivity index (χ4n) is 4.98. The highest BCUT2D eigenvalue weighted by Gasteiger charge is 2.41. The van der Waals surface area contributed by atoms with Crippen LogP contribution in [0.25, 0.3) is 11.0 Å². The normalized spacial score (nSPS) is 22.2. The molecule has 29 heavy (non-hydrogen) atoms. The van der Waals surface area contributed by atoms with E-state index in [4.69, 9.17) is 11.6 Å². The Morgan fingerprint density at radius 3 is 2.72 bits per heavy atom. The molecule has 4 rings (SSSR count). The van der Waals surface area contributed by atoms with Crippen LogP contribution in [-0.2, 0) is 11.3 Å². The van der Waals surface area contributed by atoms with Gasteiger partial charge in [0.2, 0.25) is 0 Å². The molecule has 2 aromatic rings. The zero-order valence-corrected chi connectivity index (χ0v) is 18.3. The fourth-order valence-corrected chi connectivity index (χ4v) is 5.19. The number of Topliss-reactive ketones (excluding diaryl/α,β-unsaturated/α-hetero) is 1. The molecule has 2 aliphatic rings. The Hall–Kier alpha value is -1.95. The summed E-state index contributed by atoms with van der Waals surface area (Å²) in [5.41, 5.74) is 2.66. The number of carbonyl (C=O) groups is 2. The van der Waals surface area contributed by atoms with Gasteiger partial charge in [-0.05, 0) is 33.1 Å². The predicted molar refractivity (Wildman–Crippen MR) is 113 cm³/mol. The molecule has 0 bridgehead atoms. The molecule has 1 aliphatic heterocycles. The van der Waals surface area contributed by atoms with Gasteiger partial charge in [-0.1, -0.05) is 37.8 Å². The van der Waals surface area contributed by atoms with Crippen molar-refractivity contribution in [2.45, 2.75) is 78.3 Å². The number of amides is 1. The number of piperidine rings is 1. The maximum Gasteiger partial charge on any atom is 0.256 e. The molecule has 2 aromatic heterocycles. The fraction of sp³-hybridized carbons (Fsp3) is 0.636. The lowest BCUT2D eigenvalue weighted by Crippen LogP contribution is -2.53. The summed E-state index contributed by atoms with van der Waals surface area (Å²) < 4.78 is 1.90. The van der Waals surface area contributed by atoms with Crippen LogP contribution in [0.5, 0.6) is 0 Å². The van der Waals surface area contributed by atoms with Crippen molar-refractivity contribution >= 4 is 34.3 Å². The highest BCUT2D eigenvalue weighted by molar-refractivity contribution is 6.36. The van der Waals surface area contributed by atoms with Crippen LogP contribution in [0.2, 0.25) is 5.02 Å². The van der Waals surface area contributed by atoms with Crippen LogP contribution in [0.1, 0.15) is 73.6 Å². The Labute approximate surface area is 176 Å². The number of carbonyl (C=O) groups excluding carboxylic acids is 2. The van der Waals surface area contributed by atoms with Gasteiger partial charge in [-0.15, -0.1) is 0 Å². The van der Waals surface area contributed by atoms with Crippen LogP contribution < -0.4 is 0 Å². The molecule has 0 aromatic carbocycles. The third-order valence-corrected chi connectivity index (χ3v) is 6.96. The minimum absolute atomic E-state index is 0.00692. The summed E-state index contributed by atoms with van der Waals surface area (Å²) in [5, 5.41) is 5.82. The maximum atomic E-state index is 13.8. The van der Waals surface area contributed by atoms with Crippen LogP contribution in [0.4, 0.5) is 0 Å². The third kappa shape index (κ3) is 3.45. The van der Waals surface area contributed by atoms with Crippen molar-refractivity contribution in [2.24, 2.45) is 5.92 Å². The zero-order chi connectivity index (χ0) is 20.7. The first kappa shape index (κ1) is 20.3. The molecule has 1 amide bonds. The molecule has 0 spiro atoms. The average Bonchev–Trinajstić information content (AvgIpc) is 3.02. The summed E-state index contributed by atoms with van der Waals surface area (Å²) in [5.74, 6) is 0.213. The summed E-state index contributed by atoms with van der Waals surface area (Å²) in [7, 11) is 0. The van der Waals surface area contributed by atoms with E-state index in [1.807, 2.05) is 23.4 Å². The van der Waals surface area contributed by atoms with Gasteiger partial charge in [-0.2, -0.15) is 5.10 Å². The van der Waals surface area contributed by atoms with Crippen molar-refractivity contribution < 1.29 is 9.59 Å². The van der Waals surface area contributed by atoms with Gasteiger partial charge >= 0.3 is 0 Å². The topological polar surface area (TPSA) is 68.1 Å². The van der Waals surface area contributed by atoms with Gasteiger partial charge in [0.25, 0.3) is 5.91 Å². The monoisotopic (exact) mass is 416 g/mol. The molecule has 0 N–H and O–H groups in total. The van der Waals surface area contributed by atoms with Crippen LogP contribution in [0.3, 0.4) is 0 Å². The predicted octanol–water partition coefficient (Wildman–Crippen LogP) is 4.48. The number of pyridine rings is 1. The first-order chi connectivity index (χ1) is 13.9. The number of likely N-dealkylation sites (tertiary alicyclic amines) is 1. The van der Waals surface area contributed by atoms with Crippen molar-refractivity contribution in [3.05, 3.63) is 22.0 Å². The summed E-state index contributed by atoms with van der Waals surface area (Å²) in [4.78, 5) is 32.8. The number of unbranched alkanes of at least 4 members (excludes halogenated alkanes) is 1. The maximum absolute atomic E-state index is 13.8. The SMILES string of the molecule is CCCCn1nc(C)c2c(C(=O)N3CCC(=O)[C@@H]4CCCC[C@H]43)c(Cl)c(C)nc21. The Kier molecular flexibility index (Phi) is 5.65. The Morgan fingerprint density at radius 2 is 1.97 bits per heavy atom. The smallest absolute Gasteiger partial charge is 0.256 e. The highest BCUT2D eigenvalue weighted by Crippen LogP contribution is 2.37. The summed E-state index contributed by atoms with van der Waals surface area (Å²) >= 11 is 6.66. The number of aromatic nitrogens is 3. The molecule has 7 heteroatoms. The van der Waals surface area contributed by atoms with E-state index in [-0.39, 0.29) is 17.9 Å². The third-order valence-electron chi connectivity index (χ3n) is 6.50. The van der Waals surface area contributed by atoms with Gasteiger partial charge < -0.3 is 4.90 Å². The number of nitrogens with zero attached hydrogens (tertiary/aromatic N) is 4. The van der Waals surface area contributed by atoms with Crippen molar-refractivity contribution in [3.63, 3.8) is 0 Å². The Morgan fingerprint density at radius 1 is 1.21 bits per heavy atom. The van der Waals surface area contributed by atoms with Crippen LogP contribution in [-0.4, -0.2) is 43.9 Å². The van der Waals surface area contributed by atoms with Gasteiger partial charge in [0.05, 0.1) is 27.4 Å². The lowest BCUT2D eigenvalue weighted by atomic mass is 9.77. The number of hydrogen-bond donors (Lipinski definition) is 0. The van der Waals surface area contributed by atoms with Gasteiger partial charge in [0.1, 0.15) is 5.78 Å². The Bertz CT molecular complexity index is 968. The number of halogens is 1. The van der Waals surface area contributed by atoms with Gasteiger partial charge in [0.15, 0.2) is 5.65 Å². The van der Waals surface area contributed by atoms with Gasteiger partial charge in [-0.3, -0.25) is 9.59 Å². The number of hydrogen-bond acceptors (Lipinski definition) is 4. The largest absolute Gasteiger partial charge is 0.334 e. The van der Waals surface area contributed by atoms with Crippen molar-refractivity contribution in [1.82, 2.24) is 19.7 Å². The van der Waals surface area contributed by atoms with E-state index < -0.39 is 0 Å². The van der Waals surface area contributed by atoms with E-state index in [1.54, 1.807) is 0 Å². The van der Waals surface area contributed by atoms with E-state index in [9.17, 15) is 9.59 Å². The molecule has 2 fully saturated rings. The summed E-state index contributed by atoms with van der Waals surface area (Å²) in [6, 6.07) is -0.00692. The molecular formula is C22H29ClN4O2. The van der Waals surface area contributed by atoms with Crippen molar-refractivity contribution in [1.29, 1.82) is 0 Å².